The van der Waals surface area contributed by atoms with Gasteiger partial charge in [0, 0.05) is 5.69 Å². The molecule has 0 unspecified atom stereocenters. The highest BCUT2D eigenvalue weighted by atomic mass is 32.2. The first kappa shape index (κ1) is 17.7. The third-order valence-electron chi connectivity index (χ3n) is 4.01. The van der Waals surface area contributed by atoms with Crippen LogP contribution in [0.5, 0.6) is 0 Å². The molecular weight excluding hydrogens is 344 g/mol. The van der Waals surface area contributed by atoms with E-state index in [9.17, 15) is 8.42 Å². The molecule has 26 heavy (non-hydrogen) atoms. The van der Waals surface area contributed by atoms with Crippen LogP contribution in [0.3, 0.4) is 0 Å². The molecule has 0 aliphatic carbocycles. The van der Waals surface area contributed by atoms with Crippen LogP contribution in [-0.4, -0.2) is 8.42 Å². The second-order valence-corrected chi connectivity index (χ2v) is 7.88. The van der Waals surface area contributed by atoms with E-state index in [1.54, 1.807) is 48.5 Å². The van der Waals surface area contributed by atoms with Crippen LogP contribution in [-0.2, 0) is 10.0 Å². The second-order valence-electron chi connectivity index (χ2n) is 6.20. The number of nitrogens with one attached hydrogen (secondary N) is 1. The molecule has 0 atom stereocenters. The van der Waals surface area contributed by atoms with Gasteiger partial charge in [-0.2, -0.15) is 5.26 Å². The molecule has 0 spiro atoms. The first-order valence-corrected chi connectivity index (χ1v) is 9.57. The minimum absolute atomic E-state index is 0.226. The lowest BCUT2D eigenvalue weighted by molar-refractivity contribution is 0.601. The molecular formula is C21H18N2O2S. The van der Waals surface area contributed by atoms with Gasteiger partial charge in [-0.05, 0) is 66.9 Å². The van der Waals surface area contributed by atoms with E-state index in [-0.39, 0.29) is 4.90 Å². The Morgan fingerprint density at radius 3 is 2.08 bits per heavy atom. The average molecular weight is 362 g/mol. The van der Waals surface area contributed by atoms with Crippen molar-refractivity contribution in [2.24, 2.45) is 0 Å². The van der Waals surface area contributed by atoms with Crippen LogP contribution >= 0.6 is 0 Å². The van der Waals surface area contributed by atoms with E-state index in [0.29, 0.717) is 11.3 Å². The van der Waals surface area contributed by atoms with Crippen molar-refractivity contribution in [2.75, 3.05) is 4.72 Å². The van der Waals surface area contributed by atoms with Crippen molar-refractivity contribution in [3.05, 3.63) is 83.4 Å². The molecule has 1 N–H and O–H groups in total. The Morgan fingerprint density at radius 2 is 1.46 bits per heavy atom. The largest absolute Gasteiger partial charge is 0.280 e. The van der Waals surface area contributed by atoms with E-state index in [1.165, 1.54) is 0 Å². The van der Waals surface area contributed by atoms with Crippen molar-refractivity contribution in [2.45, 2.75) is 18.7 Å². The lowest BCUT2D eigenvalue weighted by Gasteiger charge is -2.11. The van der Waals surface area contributed by atoms with Gasteiger partial charge in [0.05, 0.1) is 16.5 Å². The molecule has 3 aromatic carbocycles. The summed E-state index contributed by atoms with van der Waals surface area (Å²) in [5.41, 5.74) is 4.84. The van der Waals surface area contributed by atoms with Gasteiger partial charge < -0.3 is 0 Å². The summed E-state index contributed by atoms with van der Waals surface area (Å²) in [6.07, 6.45) is 0. The predicted octanol–water partition coefficient (Wildman–Crippen LogP) is 4.64. The Bertz CT molecular complexity index is 1080. The van der Waals surface area contributed by atoms with E-state index < -0.39 is 10.0 Å². The lowest BCUT2D eigenvalue weighted by atomic mass is 10.0. The Balaban J connectivity index is 1.94. The number of sulfonamides is 1. The molecule has 0 fully saturated rings. The van der Waals surface area contributed by atoms with Gasteiger partial charge in [-0.3, -0.25) is 4.72 Å². The van der Waals surface area contributed by atoms with Gasteiger partial charge in [0.25, 0.3) is 10.0 Å². The van der Waals surface area contributed by atoms with Crippen molar-refractivity contribution in [3.63, 3.8) is 0 Å². The van der Waals surface area contributed by atoms with Gasteiger partial charge in [0.1, 0.15) is 0 Å². The predicted molar refractivity (Wildman–Crippen MR) is 103 cm³/mol. The van der Waals surface area contributed by atoms with Crippen LogP contribution in [0.25, 0.3) is 11.1 Å². The highest BCUT2D eigenvalue weighted by Gasteiger charge is 2.14. The first-order valence-electron chi connectivity index (χ1n) is 8.09. The normalized spacial score (nSPS) is 11.0. The molecule has 5 heteroatoms. The summed E-state index contributed by atoms with van der Waals surface area (Å²) < 4.78 is 27.9. The second kappa shape index (κ2) is 7.03. The van der Waals surface area contributed by atoms with Crippen molar-refractivity contribution < 1.29 is 8.42 Å². The Labute approximate surface area is 153 Å². The quantitative estimate of drug-likeness (QED) is 0.735. The van der Waals surface area contributed by atoms with Gasteiger partial charge in [-0.1, -0.05) is 35.9 Å². The first-order chi connectivity index (χ1) is 12.4. The average Bonchev–Trinajstić information content (AvgIpc) is 2.61. The monoisotopic (exact) mass is 362 g/mol. The van der Waals surface area contributed by atoms with Crippen LogP contribution in [0.15, 0.2) is 71.6 Å². The zero-order valence-corrected chi connectivity index (χ0v) is 15.3. The molecule has 0 aliphatic rings. The van der Waals surface area contributed by atoms with Gasteiger partial charge >= 0.3 is 0 Å². The number of benzene rings is 3. The molecule has 0 aromatic heterocycles. The van der Waals surface area contributed by atoms with Crippen LogP contribution in [0.2, 0.25) is 0 Å². The zero-order chi connectivity index (χ0) is 18.7. The molecule has 0 bridgehead atoms. The molecule has 0 amide bonds. The molecule has 0 heterocycles. The van der Waals surface area contributed by atoms with E-state index in [2.05, 4.69) is 10.8 Å². The summed E-state index contributed by atoms with van der Waals surface area (Å²) >= 11 is 0. The summed E-state index contributed by atoms with van der Waals surface area (Å²) in [4.78, 5) is 0.226. The van der Waals surface area contributed by atoms with E-state index in [1.807, 2.05) is 32.0 Å². The Hall–Kier alpha value is -3.10. The standard InChI is InChI=1S/C21H18N2O2S/c1-15-3-9-21(10-4-15)26(24,25)23-20-12-16(2)11-19(13-20)18-7-5-17(14-22)6-8-18/h3-13,23H,1-2H3. The fraction of sp³-hybridized carbons (Fsp3) is 0.0952. The number of anilines is 1. The third-order valence-corrected chi connectivity index (χ3v) is 5.41. The smallest absolute Gasteiger partial charge is 0.261 e. The molecule has 0 saturated carbocycles. The highest BCUT2D eigenvalue weighted by Crippen LogP contribution is 2.26. The Kier molecular flexibility index (Phi) is 4.79. The number of aryl methyl sites for hydroxylation is 2. The maximum absolute atomic E-state index is 12.6. The Morgan fingerprint density at radius 1 is 0.808 bits per heavy atom. The number of hydrogen-bond acceptors (Lipinski definition) is 3. The van der Waals surface area contributed by atoms with Crippen LogP contribution < -0.4 is 4.72 Å². The molecule has 0 saturated heterocycles. The van der Waals surface area contributed by atoms with Crippen molar-refractivity contribution in [1.29, 1.82) is 5.26 Å². The van der Waals surface area contributed by atoms with Crippen molar-refractivity contribution in [1.82, 2.24) is 0 Å². The third kappa shape index (κ3) is 3.93. The van der Waals surface area contributed by atoms with Gasteiger partial charge in [0.2, 0.25) is 0 Å². The minimum atomic E-state index is -3.65. The summed E-state index contributed by atoms with van der Waals surface area (Å²) in [5, 5.41) is 8.91. The number of nitriles is 1. The van der Waals surface area contributed by atoms with Gasteiger partial charge in [0.15, 0.2) is 0 Å². The maximum Gasteiger partial charge on any atom is 0.261 e. The number of hydrogen-bond donors (Lipinski definition) is 1. The molecule has 3 aromatic rings. The molecule has 4 nitrogen and oxygen atoms in total. The lowest BCUT2D eigenvalue weighted by Crippen LogP contribution is -2.13. The fourth-order valence-electron chi connectivity index (χ4n) is 2.68. The fourth-order valence-corrected chi connectivity index (χ4v) is 3.72. The maximum atomic E-state index is 12.6. The van der Waals surface area contributed by atoms with Crippen LogP contribution in [0, 0.1) is 25.2 Å². The topological polar surface area (TPSA) is 70.0 Å². The summed E-state index contributed by atoms with van der Waals surface area (Å²) in [5.74, 6) is 0. The molecule has 3 rings (SSSR count). The van der Waals surface area contributed by atoms with E-state index >= 15 is 0 Å². The summed E-state index contributed by atoms with van der Waals surface area (Å²) in [6, 6.07) is 21.6. The van der Waals surface area contributed by atoms with Crippen molar-refractivity contribution >= 4 is 15.7 Å². The zero-order valence-electron chi connectivity index (χ0n) is 14.5. The van der Waals surface area contributed by atoms with Crippen molar-refractivity contribution in [3.8, 4) is 17.2 Å². The summed E-state index contributed by atoms with van der Waals surface area (Å²) in [6.45, 7) is 3.82. The highest BCUT2D eigenvalue weighted by molar-refractivity contribution is 7.92. The van der Waals surface area contributed by atoms with Crippen LogP contribution in [0.1, 0.15) is 16.7 Å². The summed E-state index contributed by atoms with van der Waals surface area (Å²) in [7, 11) is -3.65. The number of nitrogens with zero attached hydrogens (tertiary/aromatic N) is 1. The minimum Gasteiger partial charge on any atom is -0.280 e. The van der Waals surface area contributed by atoms with Gasteiger partial charge in [-0.15, -0.1) is 0 Å². The SMILES string of the molecule is Cc1ccc(S(=O)(=O)Nc2cc(C)cc(-c3ccc(C#N)cc3)c2)cc1. The van der Waals surface area contributed by atoms with E-state index in [4.69, 9.17) is 5.26 Å². The van der Waals surface area contributed by atoms with Crippen LogP contribution in [0.4, 0.5) is 5.69 Å². The molecule has 130 valence electrons. The molecule has 0 radical (unpaired) electrons. The number of rotatable bonds is 4. The molecule has 0 aliphatic heterocycles. The van der Waals surface area contributed by atoms with E-state index in [0.717, 1.165) is 22.3 Å². The van der Waals surface area contributed by atoms with Gasteiger partial charge in [-0.25, -0.2) is 8.42 Å².